The largest absolute Gasteiger partial charge is 0.492 e. The molecule has 2 aliphatic rings. The van der Waals surface area contributed by atoms with E-state index in [0.29, 0.717) is 6.61 Å². The number of ether oxygens (including phenoxy) is 1. The first-order valence-corrected chi connectivity index (χ1v) is 8.39. The van der Waals surface area contributed by atoms with Gasteiger partial charge in [-0.15, -0.1) is 0 Å². The van der Waals surface area contributed by atoms with E-state index in [1.54, 1.807) is 0 Å². The minimum Gasteiger partial charge on any atom is -0.492 e. The maximum atomic E-state index is 13.0. The number of carbonyl (C=O) groups is 1. The van der Waals surface area contributed by atoms with Crippen molar-refractivity contribution in [3.63, 3.8) is 0 Å². The lowest BCUT2D eigenvalue weighted by Gasteiger charge is -2.31. The zero-order valence-corrected chi connectivity index (χ0v) is 13.2. The first-order chi connectivity index (χ1) is 11.3. The average Bonchev–Trinajstić information content (AvgIpc) is 3.11. The van der Waals surface area contributed by atoms with E-state index in [4.69, 9.17) is 4.74 Å². The van der Waals surface area contributed by atoms with Crippen LogP contribution in [0.5, 0.6) is 5.75 Å². The topological polar surface area (TPSA) is 29.5 Å². The van der Waals surface area contributed by atoms with Gasteiger partial charge in [0.2, 0.25) is 5.91 Å². The number of nitrogens with zero attached hydrogens (tertiary/aromatic N) is 1. The van der Waals surface area contributed by atoms with Crippen LogP contribution in [0.15, 0.2) is 54.6 Å². The molecule has 0 bridgehead atoms. The highest BCUT2D eigenvalue weighted by Crippen LogP contribution is 2.35. The van der Waals surface area contributed by atoms with E-state index in [9.17, 15) is 4.79 Å². The number of amides is 1. The summed E-state index contributed by atoms with van der Waals surface area (Å²) < 4.78 is 5.81. The van der Waals surface area contributed by atoms with E-state index < -0.39 is 0 Å². The minimum atomic E-state index is -0.0609. The highest BCUT2D eigenvalue weighted by Gasteiger charge is 2.35. The van der Waals surface area contributed by atoms with Gasteiger partial charge in [0, 0.05) is 6.54 Å². The summed E-state index contributed by atoms with van der Waals surface area (Å²) in [7, 11) is 0. The predicted octanol–water partition coefficient (Wildman–Crippen LogP) is 3.60. The Morgan fingerprint density at radius 3 is 2.70 bits per heavy atom. The molecule has 0 aromatic heterocycles. The van der Waals surface area contributed by atoms with E-state index in [-0.39, 0.29) is 17.9 Å². The van der Waals surface area contributed by atoms with Gasteiger partial charge in [0.1, 0.15) is 12.4 Å². The Balaban J connectivity index is 1.53. The van der Waals surface area contributed by atoms with Crippen LogP contribution in [0.1, 0.15) is 30.0 Å². The molecule has 0 radical (unpaired) electrons. The fourth-order valence-electron chi connectivity index (χ4n) is 3.77. The molecule has 0 aliphatic carbocycles. The Kier molecular flexibility index (Phi) is 3.78. The predicted molar refractivity (Wildman–Crippen MR) is 89.3 cm³/mol. The molecule has 2 aromatic rings. The van der Waals surface area contributed by atoms with Crippen LogP contribution in [-0.2, 0) is 11.2 Å². The molecule has 0 saturated carbocycles. The number of para-hydroxylation sites is 1. The lowest BCUT2D eigenvalue weighted by Crippen LogP contribution is -2.40. The minimum absolute atomic E-state index is 0.0609. The quantitative estimate of drug-likeness (QED) is 0.848. The van der Waals surface area contributed by atoms with Crippen molar-refractivity contribution in [2.24, 2.45) is 5.92 Å². The zero-order valence-electron chi connectivity index (χ0n) is 13.2. The summed E-state index contributed by atoms with van der Waals surface area (Å²) in [5, 5.41) is 0. The van der Waals surface area contributed by atoms with Crippen LogP contribution < -0.4 is 4.74 Å². The van der Waals surface area contributed by atoms with Gasteiger partial charge in [-0.1, -0.05) is 48.5 Å². The molecule has 2 unspecified atom stereocenters. The maximum Gasteiger partial charge on any atom is 0.229 e. The lowest BCUT2D eigenvalue weighted by molar-refractivity contribution is -0.137. The van der Waals surface area contributed by atoms with Gasteiger partial charge in [0.15, 0.2) is 0 Å². The molecule has 0 N–H and O–H groups in total. The lowest BCUT2D eigenvalue weighted by atomic mass is 9.94. The molecule has 2 heterocycles. The molecular formula is C20H21NO2. The number of rotatable bonds is 2. The standard InChI is InChI=1S/C20H21NO2/c22-20(17-13-16-9-4-5-11-19(16)23-14-17)21-12-6-10-18(21)15-7-2-1-3-8-15/h1-5,7-9,11,17-18H,6,10,12-14H2. The second kappa shape index (κ2) is 6.07. The van der Waals surface area contributed by atoms with E-state index in [0.717, 1.165) is 37.1 Å². The Labute approximate surface area is 136 Å². The van der Waals surface area contributed by atoms with Crippen molar-refractivity contribution >= 4 is 5.91 Å². The van der Waals surface area contributed by atoms with Crippen molar-refractivity contribution in [2.75, 3.05) is 13.2 Å². The van der Waals surface area contributed by atoms with Crippen LogP contribution in [0.4, 0.5) is 0 Å². The molecule has 118 valence electrons. The molecule has 1 amide bonds. The molecule has 23 heavy (non-hydrogen) atoms. The maximum absolute atomic E-state index is 13.0. The van der Waals surface area contributed by atoms with Crippen molar-refractivity contribution < 1.29 is 9.53 Å². The fraction of sp³-hybridized carbons (Fsp3) is 0.350. The fourth-order valence-corrected chi connectivity index (χ4v) is 3.77. The van der Waals surface area contributed by atoms with Gasteiger partial charge >= 0.3 is 0 Å². The number of benzene rings is 2. The third kappa shape index (κ3) is 2.72. The van der Waals surface area contributed by atoms with E-state index in [1.165, 1.54) is 5.56 Å². The molecule has 3 nitrogen and oxygen atoms in total. The van der Waals surface area contributed by atoms with Crippen LogP contribution in [0.2, 0.25) is 0 Å². The Bertz CT molecular complexity index is 698. The van der Waals surface area contributed by atoms with Crippen LogP contribution in [-0.4, -0.2) is 24.0 Å². The van der Waals surface area contributed by atoms with Crippen molar-refractivity contribution in [1.29, 1.82) is 0 Å². The molecule has 3 heteroatoms. The molecule has 2 aliphatic heterocycles. The normalized spacial score (nSPS) is 23.2. The highest BCUT2D eigenvalue weighted by atomic mass is 16.5. The number of carbonyl (C=O) groups excluding carboxylic acids is 1. The number of hydrogen-bond acceptors (Lipinski definition) is 2. The first-order valence-electron chi connectivity index (χ1n) is 8.39. The van der Waals surface area contributed by atoms with Crippen LogP contribution in [0.3, 0.4) is 0 Å². The molecule has 4 rings (SSSR count). The van der Waals surface area contributed by atoms with Gasteiger partial charge in [0.25, 0.3) is 0 Å². The van der Waals surface area contributed by atoms with E-state index in [2.05, 4.69) is 35.2 Å². The summed E-state index contributed by atoms with van der Waals surface area (Å²) in [5.41, 5.74) is 2.39. The number of fused-ring (bicyclic) bond motifs is 1. The Morgan fingerprint density at radius 2 is 1.83 bits per heavy atom. The SMILES string of the molecule is O=C(C1COc2ccccc2C1)N1CCCC1c1ccccc1. The first kappa shape index (κ1) is 14.3. The zero-order chi connectivity index (χ0) is 15.6. The van der Waals surface area contributed by atoms with E-state index >= 15 is 0 Å². The molecule has 2 aromatic carbocycles. The second-order valence-corrected chi connectivity index (χ2v) is 6.42. The van der Waals surface area contributed by atoms with Gasteiger partial charge in [-0.05, 0) is 36.5 Å². The van der Waals surface area contributed by atoms with E-state index in [1.807, 2.05) is 24.3 Å². The summed E-state index contributed by atoms with van der Waals surface area (Å²) in [6.45, 7) is 1.35. The summed E-state index contributed by atoms with van der Waals surface area (Å²) in [6.07, 6.45) is 2.92. The summed E-state index contributed by atoms with van der Waals surface area (Å²) in [4.78, 5) is 15.1. The van der Waals surface area contributed by atoms with Crippen molar-refractivity contribution in [3.8, 4) is 5.75 Å². The average molecular weight is 307 g/mol. The second-order valence-electron chi connectivity index (χ2n) is 6.42. The van der Waals surface area contributed by atoms with Crippen molar-refractivity contribution in [2.45, 2.75) is 25.3 Å². The van der Waals surface area contributed by atoms with Gasteiger partial charge in [-0.25, -0.2) is 0 Å². The molecule has 0 spiro atoms. The summed E-state index contributed by atoms with van der Waals surface area (Å²) in [5.74, 6) is 1.11. The number of likely N-dealkylation sites (tertiary alicyclic amines) is 1. The summed E-state index contributed by atoms with van der Waals surface area (Å²) >= 11 is 0. The van der Waals surface area contributed by atoms with Crippen molar-refractivity contribution in [3.05, 3.63) is 65.7 Å². The van der Waals surface area contributed by atoms with Gasteiger partial charge < -0.3 is 9.64 Å². The smallest absolute Gasteiger partial charge is 0.229 e. The highest BCUT2D eigenvalue weighted by molar-refractivity contribution is 5.80. The van der Waals surface area contributed by atoms with Gasteiger partial charge in [-0.2, -0.15) is 0 Å². The third-order valence-electron chi connectivity index (χ3n) is 4.95. The molecule has 2 atom stereocenters. The molecule has 1 saturated heterocycles. The van der Waals surface area contributed by atoms with Crippen LogP contribution >= 0.6 is 0 Å². The molecular weight excluding hydrogens is 286 g/mol. The van der Waals surface area contributed by atoms with Crippen LogP contribution in [0, 0.1) is 5.92 Å². The van der Waals surface area contributed by atoms with Crippen LogP contribution in [0.25, 0.3) is 0 Å². The van der Waals surface area contributed by atoms with Crippen molar-refractivity contribution in [1.82, 2.24) is 4.90 Å². The number of hydrogen-bond donors (Lipinski definition) is 0. The van der Waals surface area contributed by atoms with Gasteiger partial charge in [0.05, 0.1) is 12.0 Å². The summed E-state index contributed by atoms with van der Waals surface area (Å²) in [6, 6.07) is 18.6. The monoisotopic (exact) mass is 307 g/mol. The Hall–Kier alpha value is -2.29. The third-order valence-corrected chi connectivity index (χ3v) is 4.95. The van der Waals surface area contributed by atoms with Gasteiger partial charge in [-0.3, -0.25) is 4.79 Å². The molecule has 1 fully saturated rings. The Morgan fingerprint density at radius 1 is 1.04 bits per heavy atom.